The van der Waals surface area contributed by atoms with Gasteiger partial charge in [0, 0.05) is 0 Å². The van der Waals surface area contributed by atoms with E-state index in [9.17, 15) is 0 Å². The highest BCUT2D eigenvalue weighted by Gasteiger charge is 2.42. The van der Waals surface area contributed by atoms with E-state index in [1.165, 1.54) is 0 Å². The third kappa shape index (κ3) is 0.438. The first-order valence-corrected chi connectivity index (χ1v) is 2.79. The van der Waals surface area contributed by atoms with Crippen LogP contribution in [0.1, 0.15) is 0 Å². The quantitative estimate of drug-likeness (QED) is 0.448. The Bertz CT molecular complexity index is 83.8. The van der Waals surface area contributed by atoms with Crippen LogP contribution in [0.5, 0.6) is 0 Å². The molecular weight excluding hydrogens is 108 g/mol. The molecule has 46 valence electrons. The van der Waals surface area contributed by atoms with Crippen molar-refractivity contribution in [1.82, 2.24) is 0 Å². The number of hydrogen-bond donors (Lipinski definition) is 1. The van der Waals surface area contributed by atoms with E-state index in [4.69, 9.17) is 14.6 Å². The average molecular weight is 116 g/mol. The van der Waals surface area contributed by atoms with E-state index >= 15 is 0 Å². The van der Waals surface area contributed by atoms with Crippen molar-refractivity contribution in [2.75, 3.05) is 13.2 Å². The Balaban J connectivity index is 2.16. The monoisotopic (exact) mass is 116 g/mol. The molecule has 1 N–H and O–H groups in total. The maximum Gasteiger partial charge on any atom is 0.111 e. The number of aliphatic hydroxyl groups is 1. The summed E-state index contributed by atoms with van der Waals surface area (Å²) >= 11 is 0. The SMILES string of the molecule is OC1[C@@H]2CO[C@@H]1CO2. The van der Waals surface area contributed by atoms with Gasteiger partial charge in [-0.1, -0.05) is 0 Å². The lowest BCUT2D eigenvalue weighted by Crippen LogP contribution is -2.21. The Morgan fingerprint density at radius 2 is 1.62 bits per heavy atom. The predicted molar refractivity (Wildman–Crippen MR) is 25.5 cm³/mol. The lowest BCUT2D eigenvalue weighted by atomic mass is 10.2. The molecule has 2 saturated heterocycles. The second kappa shape index (κ2) is 1.43. The number of ether oxygens (including phenoxy) is 2. The first-order valence-electron chi connectivity index (χ1n) is 2.79. The standard InChI is InChI=1S/C5H8O3/c6-5-3-1-7-4(5)2-8-3/h3-6H,1-2H2/t3-,4+,5?. The molecule has 2 rings (SSSR count). The van der Waals surface area contributed by atoms with Gasteiger partial charge in [-0.3, -0.25) is 0 Å². The van der Waals surface area contributed by atoms with Gasteiger partial charge < -0.3 is 14.6 Å². The summed E-state index contributed by atoms with van der Waals surface area (Å²) in [7, 11) is 0. The molecule has 1 unspecified atom stereocenters. The fourth-order valence-electron chi connectivity index (χ4n) is 1.17. The second-order valence-electron chi connectivity index (χ2n) is 2.23. The van der Waals surface area contributed by atoms with Crippen molar-refractivity contribution in [3.63, 3.8) is 0 Å². The zero-order valence-electron chi connectivity index (χ0n) is 4.41. The molecule has 3 atom stereocenters. The normalized spacial score (nSPS) is 52.9. The minimum Gasteiger partial charge on any atom is -0.388 e. The molecule has 0 amide bonds. The molecule has 0 aliphatic carbocycles. The van der Waals surface area contributed by atoms with Crippen LogP contribution in [0.15, 0.2) is 0 Å². The van der Waals surface area contributed by atoms with Crippen molar-refractivity contribution in [2.24, 2.45) is 0 Å². The Hall–Kier alpha value is -0.120. The summed E-state index contributed by atoms with van der Waals surface area (Å²) in [6.07, 6.45) is -0.407. The van der Waals surface area contributed by atoms with Crippen LogP contribution in [0.25, 0.3) is 0 Å². The Morgan fingerprint density at radius 3 is 1.75 bits per heavy atom. The van der Waals surface area contributed by atoms with E-state index in [1.807, 2.05) is 0 Å². The summed E-state index contributed by atoms with van der Waals surface area (Å²) in [4.78, 5) is 0. The van der Waals surface area contributed by atoms with Crippen LogP contribution in [0.3, 0.4) is 0 Å². The first kappa shape index (κ1) is 4.73. The molecule has 2 heterocycles. The third-order valence-electron chi connectivity index (χ3n) is 1.71. The summed E-state index contributed by atoms with van der Waals surface area (Å²) in [6.45, 7) is 1.15. The topological polar surface area (TPSA) is 38.7 Å². The van der Waals surface area contributed by atoms with Crippen molar-refractivity contribution < 1.29 is 14.6 Å². The van der Waals surface area contributed by atoms with Crippen molar-refractivity contribution in [1.29, 1.82) is 0 Å². The van der Waals surface area contributed by atoms with Crippen molar-refractivity contribution >= 4 is 0 Å². The maximum atomic E-state index is 9.08. The molecule has 0 aromatic carbocycles. The van der Waals surface area contributed by atoms with Crippen LogP contribution in [-0.4, -0.2) is 36.6 Å². The molecule has 3 heteroatoms. The van der Waals surface area contributed by atoms with Gasteiger partial charge in [0.15, 0.2) is 0 Å². The fraction of sp³-hybridized carbons (Fsp3) is 1.00. The largest absolute Gasteiger partial charge is 0.388 e. The molecule has 0 spiro atoms. The fourth-order valence-corrected chi connectivity index (χ4v) is 1.17. The van der Waals surface area contributed by atoms with Crippen LogP contribution in [-0.2, 0) is 9.47 Å². The smallest absolute Gasteiger partial charge is 0.111 e. The zero-order chi connectivity index (χ0) is 5.56. The van der Waals surface area contributed by atoms with Crippen LogP contribution in [0.4, 0.5) is 0 Å². The van der Waals surface area contributed by atoms with Gasteiger partial charge in [0.05, 0.1) is 13.2 Å². The molecule has 8 heavy (non-hydrogen) atoms. The maximum absolute atomic E-state index is 9.08. The second-order valence-corrected chi connectivity index (χ2v) is 2.23. The molecule has 0 aromatic rings. The van der Waals surface area contributed by atoms with Gasteiger partial charge in [-0.25, -0.2) is 0 Å². The van der Waals surface area contributed by atoms with Crippen LogP contribution in [0, 0.1) is 0 Å². The summed E-state index contributed by atoms with van der Waals surface area (Å²) in [5, 5.41) is 9.08. The molecular formula is C5H8O3. The van der Waals surface area contributed by atoms with E-state index in [1.54, 1.807) is 0 Å². The molecule has 0 aromatic heterocycles. The van der Waals surface area contributed by atoms with Gasteiger partial charge >= 0.3 is 0 Å². The Labute approximate surface area is 47.2 Å². The van der Waals surface area contributed by atoms with E-state index in [-0.39, 0.29) is 18.3 Å². The van der Waals surface area contributed by atoms with E-state index in [0.717, 1.165) is 0 Å². The summed E-state index contributed by atoms with van der Waals surface area (Å²) in [5.74, 6) is 0. The molecule has 0 saturated carbocycles. The summed E-state index contributed by atoms with van der Waals surface area (Å²) in [6, 6.07) is 0. The van der Waals surface area contributed by atoms with Crippen molar-refractivity contribution in [3.05, 3.63) is 0 Å². The molecule has 2 bridgehead atoms. The highest BCUT2D eigenvalue weighted by Crippen LogP contribution is 2.24. The molecule has 3 nitrogen and oxygen atoms in total. The van der Waals surface area contributed by atoms with Gasteiger partial charge in [0.25, 0.3) is 0 Å². The lowest BCUT2D eigenvalue weighted by molar-refractivity contribution is -0.0376. The molecule has 2 fully saturated rings. The number of fused-ring (bicyclic) bond motifs is 2. The highest BCUT2D eigenvalue weighted by molar-refractivity contribution is 4.89. The van der Waals surface area contributed by atoms with Gasteiger partial charge in [0.2, 0.25) is 0 Å². The van der Waals surface area contributed by atoms with E-state index < -0.39 is 0 Å². The van der Waals surface area contributed by atoms with Gasteiger partial charge in [0.1, 0.15) is 18.3 Å². The lowest BCUT2D eigenvalue weighted by Gasteiger charge is -2.08. The molecule has 0 radical (unpaired) electrons. The molecule has 2 aliphatic rings. The van der Waals surface area contributed by atoms with Gasteiger partial charge in [-0.15, -0.1) is 0 Å². The highest BCUT2D eigenvalue weighted by atomic mass is 16.6. The number of rotatable bonds is 0. The molecule has 2 aliphatic heterocycles. The average Bonchev–Trinajstić information content (AvgIpc) is 2.29. The first-order chi connectivity index (χ1) is 3.88. The number of aliphatic hydroxyl groups excluding tert-OH is 1. The third-order valence-corrected chi connectivity index (χ3v) is 1.71. The summed E-state index contributed by atoms with van der Waals surface area (Å²) in [5.41, 5.74) is 0. The van der Waals surface area contributed by atoms with E-state index in [0.29, 0.717) is 13.2 Å². The van der Waals surface area contributed by atoms with E-state index in [2.05, 4.69) is 0 Å². The minimum atomic E-state index is -0.352. The Kier molecular flexibility index (Phi) is 0.848. The van der Waals surface area contributed by atoms with Crippen molar-refractivity contribution in [3.8, 4) is 0 Å². The van der Waals surface area contributed by atoms with Crippen LogP contribution in [0.2, 0.25) is 0 Å². The predicted octanol–water partition coefficient (Wildman–Crippen LogP) is -0.855. The minimum absolute atomic E-state index is 0.0278. The van der Waals surface area contributed by atoms with Crippen LogP contribution >= 0.6 is 0 Å². The van der Waals surface area contributed by atoms with Gasteiger partial charge in [-0.05, 0) is 0 Å². The van der Waals surface area contributed by atoms with Gasteiger partial charge in [-0.2, -0.15) is 0 Å². The van der Waals surface area contributed by atoms with Crippen molar-refractivity contribution in [2.45, 2.75) is 18.3 Å². The van der Waals surface area contributed by atoms with Crippen LogP contribution < -0.4 is 0 Å². The Morgan fingerprint density at radius 1 is 1.12 bits per heavy atom. The zero-order valence-corrected chi connectivity index (χ0v) is 4.41. The number of hydrogen-bond acceptors (Lipinski definition) is 3. The summed E-state index contributed by atoms with van der Waals surface area (Å²) < 4.78 is 10.2.